The Hall–Kier alpha value is -3.23. The lowest BCUT2D eigenvalue weighted by Crippen LogP contribution is -2.52. The zero-order valence-corrected chi connectivity index (χ0v) is 18.2. The Balaban J connectivity index is 1.33. The number of piperidine rings is 1. The number of carbonyl (C=O) groups is 3. The van der Waals surface area contributed by atoms with Gasteiger partial charge in [0.15, 0.2) is 0 Å². The molecule has 3 aliphatic rings. The molecular formula is C25H28N4O4. The van der Waals surface area contributed by atoms with Crippen molar-refractivity contribution in [2.24, 2.45) is 0 Å². The Bertz CT molecular complexity index is 1200. The highest BCUT2D eigenvalue weighted by atomic mass is 16.5. The lowest BCUT2D eigenvalue weighted by Gasteiger charge is -2.29. The van der Waals surface area contributed by atoms with Gasteiger partial charge in [-0.25, -0.2) is 0 Å². The molecule has 1 atom stereocenters. The zero-order valence-electron chi connectivity index (χ0n) is 21.2. The van der Waals surface area contributed by atoms with Gasteiger partial charge >= 0.3 is 0 Å². The molecule has 0 radical (unpaired) electrons. The first-order valence-corrected chi connectivity index (χ1v) is 11.1. The largest absolute Gasteiger partial charge is 0.381 e. The molecule has 1 unspecified atom stereocenters. The fourth-order valence-corrected chi connectivity index (χ4v) is 4.27. The summed E-state index contributed by atoms with van der Waals surface area (Å²) >= 11 is 0. The predicted octanol–water partition coefficient (Wildman–Crippen LogP) is 1.89. The van der Waals surface area contributed by atoms with Crippen LogP contribution in [0.2, 0.25) is 0 Å². The van der Waals surface area contributed by atoms with Gasteiger partial charge in [-0.2, -0.15) is 0 Å². The molecule has 2 N–H and O–H groups in total. The molecule has 5 rings (SSSR count). The fourth-order valence-electron chi connectivity index (χ4n) is 4.27. The van der Waals surface area contributed by atoms with Crippen LogP contribution in [0.15, 0.2) is 42.5 Å². The highest BCUT2D eigenvalue weighted by Gasteiger charge is 2.39. The molecule has 172 valence electrons. The number of hydrogen-bond acceptors (Lipinski definition) is 6. The van der Waals surface area contributed by atoms with E-state index in [-0.39, 0.29) is 24.0 Å². The molecule has 0 aliphatic carbocycles. The molecular weight excluding hydrogens is 420 g/mol. The van der Waals surface area contributed by atoms with Crippen molar-refractivity contribution in [1.82, 2.24) is 15.1 Å². The van der Waals surface area contributed by atoms with Gasteiger partial charge in [0.25, 0.3) is 5.91 Å². The Kier molecular flexibility index (Phi) is 5.15. The maximum atomic E-state index is 13.2. The van der Waals surface area contributed by atoms with Crippen LogP contribution in [0.5, 0.6) is 0 Å². The van der Waals surface area contributed by atoms with Gasteiger partial charge in [-0.3, -0.25) is 24.6 Å². The molecule has 0 saturated carbocycles. The second-order valence-electron chi connectivity index (χ2n) is 8.36. The van der Waals surface area contributed by atoms with Crippen molar-refractivity contribution < 1.29 is 23.2 Å². The first-order valence-electron chi connectivity index (χ1n) is 12.6. The Morgan fingerprint density at radius 3 is 2.61 bits per heavy atom. The van der Waals surface area contributed by atoms with Crippen LogP contribution in [0.1, 0.15) is 44.0 Å². The molecule has 2 aromatic carbocycles. The summed E-state index contributed by atoms with van der Waals surface area (Å²) in [5, 5.41) is 5.30. The van der Waals surface area contributed by atoms with E-state index >= 15 is 0 Å². The summed E-state index contributed by atoms with van der Waals surface area (Å²) < 4.78 is 31.6. The maximum Gasteiger partial charge on any atom is 0.255 e. The SMILES string of the molecule is [2H]C1(N2C(=O)c3cccc(NCc4ccc(CN5CCOCC5)cc4)c3C2([2H])[2H])CCC(=O)NC1=O. The van der Waals surface area contributed by atoms with Gasteiger partial charge in [-0.15, -0.1) is 0 Å². The number of benzene rings is 2. The van der Waals surface area contributed by atoms with Crippen molar-refractivity contribution in [2.45, 2.75) is 38.4 Å². The second kappa shape index (κ2) is 9.33. The lowest BCUT2D eigenvalue weighted by molar-refractivity contribution is -0.136. The summed E-state index contributed by atoms with van der Waals surface area (Å²) in [5.74, 6) is -2.27. The highest BCUT2D eigenvalue weighted by Crippen LogP contribution is 2.32. The summed E-state index contributed by atoms with van der Waals surface area (Å²) in [6.07, 6.45) is -0.408. The Labute approximate surface area is 197 Å². The van der Waals surface area contributed by atoms with E-state index < -0.39 is 30.2 Å². The summed E-state index contributed by atoms with van der Waals surface area (Å²) in [7, 11) is 0. The number of carbonyl (C=O) groups excluding carboxylic acids is 3. The quantitative estimate of drug-likeness (QED) is 0.652. The van der Waals surface area contributed by atoms with E-state index in [2.05, 4.69) is 27.7 Å². The summed E-state index contributed by atoms with van der Waals surface area (Å²) in [4.78, 5) is 40.4. The predicted molar refractivity (Wildman–Crippen MR) is 122 cm³/mol. The molecule has 3 aliphatic heterocycles. The van der Waals surface area contributed by atoms with E-state index in [9.17, 15) is 14.4 Å². The molecule has 33 heavy (non-hydrogen) atoms. The van der Waals surface area contributed by atoms with Gasteiger partial charge in [0.05, 0.1) is 17.3 Å². The molecule has 0 bridgehead atoms. The van der Waals surface area contributed by atoms with Crippen LogP contribution < -0.4 is 10.6 Å². The van der Waals surface area contributed by atoms with Crippen LogP contribution in [0.4, 0.5) is 5.69 Å². The number of fused-ring (bicyclic) bond motifs is 1. The van der Waals surface area contributed by atoms with Gasteiger partial charge in [0.1, 0.15) is 6.02 Å². The normalized spacial score (nSPS) is 26.2. The number of nitrogens with zero attached hydrogens (tertiary/aromatic N) is 2. The summed E-state index contributed by atoms with van der Waals surface area (Å²) in [6.45, 7) is 2.17. The van der Waals surface area contributed by atoms with Gasteiger partial charge in [-0.1, -0.05) is 30.3 Å². The number of amides is 3. The van der Waals surface area contributed by atoms with Crippen LogP contribution in [0.3, 0.4) is 0 Å². The minimum absolute atomic E-state index is 0.0928. The maximum absolute atomic E-state index is 13.2. The molecule has 3 amide bonds. The summed E-state index contributed by atoms with van der Waals surface area (Å²) in [6, 6.07) is 10.8. The topological polar surface area (TPSA) is 91.0 Å². The molecule has 8 nitrogen and oxygen atoms in total. The van der Waals surface area contributed by atoms with E-state index in [1.807, 2.05) is 12.1 Å². The van der Waals surface area contributed by atoms with Gasteiger partial charge in [-0.05, 0) is 29.7 Å². The monoisotopic (exact) mass is 451 g/mol. The van der Waals surface area contributed by atoms with Gasteiger partial charge in [0.2, 0.25) is 11.8 Å². The van der Waals surface area contributed by atoms with E-state index in [1.54, 1.807) is 12.1 Å². The smallest absolute Gasteiger partial charge is 0.255 e. The molecule has 3 heterocycles. The Morgan fingerprint density at radius 1 is 1.09 bits per heavy atom. The first-order chi connectivity index (χ1) is 17.2. The number of anilines is 1. The highest BCUT2D eigenvalue weighted by molar-refractivity contribution is 6.06. The third-order valence-electron chi connectivity index (χ3n) is 6.11. The molecule has 2 saturated heterocycles. The standard InChI is InChI=1S/C25H28N4O4/c30-23-9-8-22(24(31)27-23)29-16-20-19(25(29)32)2-1-3-21(20)26-14-17-4-6-18(7-5-17)15-28-10-12-33-13-11-28/h1-7,22,26H,8-16H2,(H,27,30,31)/i16D2,22D. The third kappa shape index (κ3) is 4.62. The summed E-state index contributed by atoms with van der Waals surface area (Å²) in [5.41, 5.74) is 2.80. The van der Waals surface area contributed by atoms with Crippen LogP contribution in [-0.4, -0.2) is 59.8 Å². The number of nitrogens with one attached hydrogen (secondary N) is 2. The van der Waals surface area contributed by atoms with Crippen molar-refractivity contribution in [2.75, 3.05) is 31.6 Å². The molecule has 0 spiro atoms. The minimum Gasteiger partial charge on any atom is -0.381 e. The van der Waals surface area contributed by atoms with Crippen molar-refractivity contribution in [1.29, 1.82) is 0 Å². The average molecular weight is 452 g/mol. The van der Waals surface area contributed by atoms with E-state index in [0.717, 1.165) is 38.4 Å². The fraction of sp³-hybridized carbons (Fsp3) is 0.400. The molecule has 2 aromatic rings. The van der Waals surface area contributed by atoms with Gasteiger partial charge in [0, 0.05) is 55.9 Å². The number of ether oxygens (including phenoxy) is 1. The van der Waals surface area contributed by atoms with Gasteiger partial charge < -0.3 is 15.0 Å². The molecule has 0 aromatic heterocycles. The Morgan fingerprint density at radius 2 is 1.85 bits per heavy atom. The molecule has 8 heteroatoms. The average Bonchev–Trinajstić information content (AvgIpc) is 3.08. The van der Waals surface area contributed by atoms with Crippen molar-refractivity contribution in [3.05, 3.63) is 64.7 Å². The van der Waals surface area contributed by atoms with Crippen LogP contribution >= 0.6 is 0 Å². The number of imide groups is 1. The number of morpholine rings is 1. The molecule has 2 fully saturated rings. The van der Waals surface area contributed by atoms with E-state index in [1.165, 1.54) is 11.6 Å². The van der Waals surface area contributed by atoms with Crippen LogP contribution in [-0.2, 0) is 33.9 Å². The minimum atomic E-state index is -2.42. The van der Waals surface area contributed by atoms with E-state index in [4.69, 9.17) is 8.85 Å². The number of hydrogen-bond donors (Lipinski definition) is 2. The number of rotatable bonds is 6. The van der Waals surface area contributed by atoms with Crippen molar-refractivity contribution in [3.63, 3.8) is 0 Å². The first kappa shape index (κ1) is 18.2. The lowest BCUT2D eigenvalue weighted by atomic mass is 10.0. The van der Waals surface area contributed by atoms with Crippen LogP contribution in [0.25, 0.3) is 0 Å². The third-order valence-corrected chi connectivity index (χ3v) is 6.11. The van der Waals surface area contributed by atoms with Crippen LogP contribution in [0, 0.1) is 0 Å². The van der Waals surface area contributed by atoms with Crippen molar-refractivity contribution in [3.8, 4) is 0 Å². The van der Waals surface area contributed by atoms with Crippen molar-refractivity contribution >= 4 is 23.4 Å². The second-order valence-corrected chi connectivity index (χ2v) is 8.36. The zero-order chi connectivity index (χ0) is 25.5. The van der Waals surface area contributed by atoms with E-state index in [0.29, 0.717) is 17.1 Å².